The Hall–Kier alpha value is -2.47. The van der Waals surface area contributed by atoms with Crippen molar-refractivity contribution in [1.29, 1.82) is 0 Å². The Labute approximate surface area is 146 Å². The molecule has 0 atom stereocenters. The van der Waals surface area contributed by atoms with E-state index in [1.165, 1.54) is 12.1 Å². The molecule has 0 radical (unpaired) electrons. The minimum absolute atomic E-state index is 0.0815. The summed E-state index contributed by atoms with van der Waals surface area (Å²) in [5, 5.41) is 2.86. The molecule has 1 aromatic heterocycles. The fourth-order valence-corrected chi connectivity index (χ4v) is 2.65. The number of ether oxygens (including phenoxy) is 2. The van der Waals surface area contributed by atoms with E-state index in [4.69, 9.17) is 9.47 Å². The fraction of sp³-hybridized carbons (Fsp3) is 0.368. The van der Waals surface area contributed by atoms with Gasteiger partial charge in [0.1, 0.15) is 11.9 Å². The molecule has 1 fully saturated rings. The maximum absolute atomic E-state index is 12.9. The third-order valence-electron chi connectivity index (χ3n) is 4.07. The third-order valence-corrected chi connectivity index (χ3v) is 4.07. The fourth-order valence-electron chi connectivity index (χ4n) is 2.65. The SMILES string of the molecule is O=C(NCCc1ccc(F)cc1)c1ccnc(OC2CCOCC2)c1. The first kappa shape index (κ1) is 17.4. The molecule has 1 aromatic carbocycles. The Bertz CT molecular complexity index is 700. The molecule has 1 saturated heterocycles. The van der Waals surface area contributed by atoms with Crippen LogP contribution < -0.4 is 10.1 Å². The molecular weight excluding hydrogens is 323 g/mol. The molecule has 132 valence electrons. The smallest absolute Gasteiger partial charge is 0.251 e. The summed E-state index contributed by atoms with van der Waals surface area (Å²) < 4.78 is 24.0. The highest BCUT2D eigenvalue weighted by molar-refractivity contribution is 5.94. The zero-order valence-electron chi connectivity index (χ0n) is 13.9. The highest BCUT2D eigenvalue weighted by atomic mass is 19.1. The number of hydrogen-bond acceptors (Lipinski definition) is 4. The zero-order chi connectivity index (χ0) is 17.5. The second kappa shape index (κ2) is 8.58. The van der Waals surface area contributed by atoms with E-state index in [0.29, 0.717) is 37.6 Å². The molecule has 1 amide bonds. The molecule has 25 heavy (non-hydrogen) atoms. The summed E-state index contributed by atoms with van der Waals surface area (Å²) in [6.45, 7) is 1.85. The first-order chi connectivity index (χ1) is 12.2. The molecule has 2 heterocycles. The summed E-state index contributed by atoms with van der Waals surface area (Å²) in [6, 6.07) is 9.58. The lowest BCUT2D eigenvalue weighted by atomic mass is 10.1. The van der Waals surface area contributed by atoms with Crippen LogP contribution in [0.25, 0.3) is 0 Å². The topological polar surface area (TPSA) is 60.5 Å². The van der Waals surface area contributed by atoms with Gasteiger partial charge in [-0.1, -0.05) is 12.1 Å². The molecule has 0 saturated carbocycles. The van der Waals surface area contributed by atoms with Crippen molar-refractivity contribution in [2.24, 2.45) is 0 Å². The van der Waals surface area contributed by atoms with Crippen LogP contribution in [0.3, 0.4) is 0 Å². The van der Waals surface area contributed by atoms with E-state index in [1.54, 1.807) is 30.5 Å². The van der Waals surface area contributed by atoms with Gasteiger partial charge < -0.3 is 14.8 Å². The van der Waals surface area contributed by atoms with Gasteiger partial charge in [-0.05, 0) is 30.2 Å². The molecule has 2 aromatic rings. The van der Waals surface area contributed by atoms with Crippen LogP contribution in [0.15, 0.2) is 42.6 Å². The van der Waals surface area contributed by atoms with Crippen molar-refractivity contribution in [2.75, 3.05) is 19.8 Å². The highest BCUT2D eigenvalue weighted by Gasteiger charge is 2.16. The van der Waals surface area contributed by atoms with Crippen LogP contribution in [0.1, 0.15) is 28.8 Å². The number of carbonyl (C=O) groups excluding carboxylic acids is 1. The molecule has 6 heteroatoms. The Morgan fingerprint density at radius 1 is 1.24 bits per heavy atom. The van der Waals surface area contributed by atoms with Crippen molar-refractivity contribution in [1.82, 2.24) is 10.3 Å². The van der Waals surface area contributed by atoms with E-state index in [2.05, 4.69) is 10.3 Å². The lowest BCUT2D eigenvalue weighted by Crippen LogP contribution is -2.27. The number of hydrogen-bond donors (Lipinski definition) is 1. The third kappa shape index (κ3) is 5.26. The van der Waals surface area contributed by atoms with Crippen molar-refractivity contribution < 1.29 is 18.7 Å². The van der Waals surface area contributed by atoms with E-state index < -0.39 is 0 Å². The number of rotatable bonds is 6. The minimum Gasteiger partial charge on any atom is -0.474 e. The van der Waals surface area contributed by atoms with E-state index >= 15 is 0 Å². The van der Waals surface area contributed by atoms with Gasteiger partial charge >= 0.3 is 0 Å². The summed E-state index contributed by atoms with van der Waals surface area (Å²) in [5.41, 5.74) is 1.48. The summed E-state index contributed by atoms with van der Waals surface area (Å²) in [5.74, 6) is 0.0149. The van der Waals surface area contributed by atoms with Crippen molar-refractivity contribution in [2.45, 2.75) is 25.4 Å². The van der Waals surface area contributed by atoms with Crippen LogP contribution in [0.4, 0.5) is 4.39 Å². The Kier molecular flexibility index (Phi) is 5.95. The van der Waals surface area contributed by atoms with E-state index in [-0.39, 0.29) is 17.8 Å². The molecule has 0 unspecified atom stereocenters. The standard InChI is InChI=1S/C19H21FN2O3/c20-16-3-1-14(2-4-16)5-9-22-19(23)15-6-10-21-18(13-15)25-17-7-11-24-12-8-17/h1-4,6,10,13,17H,5,7-9,11-12H2,(H,22,23). The van der Waals surface area contributed by atoms with Gasteiger partial charge in [-0.25, -0.2) is 9.37 Å². The Balaban J connectivity index is 1.51. The van der Waals surface area contributed by atoms with E-state index in [0.717, 1.165) is 18.4 Å². The summed E-state index contributed by atoms with van der Waals surface area (Å²) in [4.78, 5) is 16.4. The van der Waals surface area contributed by atoms with Crippen LogP contribution in [-0.4, -0.2) is 36.8 Å². The van der Waals surface area contributed by atoms with Crippen molar-refractivity contribution >= 4 is 5.91 Å². The van der Waals surface area contributed by atoms with Crippen molar-refractivity contribution in [3.63, 3.8) is 0 Å². The average Bonchev–Trinajstić information content (AvgIpc) is 2.64. The molecule has 0 spiro atoms. The molecule has 1 N–H and O–H groups in total. The van der Waals surface area contributed by atoms with Crippen LogP contribution >= 0.6 is 0 Å². The number of pyridine rings is 1. The van der Waals surface area contributed by atoms with Gasteiger partial charge in [-0.3, -0.25) is 4.79 Å². The largest absolute Gasteiger partial charge is 0.474 e. The lowest BCUT2D eigenvalue weighted by Gasteiger charge is -2.22. The second-order valence-corrected chi connectivity index (χ2v) is 5.94. The Morgan fingerprint density at radius 2 is 2.00 bits per heavy atom. The van der Waals surface area contributed by atoms with Gasteiger partial charge in [0.25, 0.3) is 5.91 Å². The molecule has 0 bridgehead atoms. The Morgan fingerprint density at radius 3 is 2.76 bits per heavy atom. The summed E-state index contributed by atoms with van der Waals surface area (Å²) in [6.07, 6.45) is 3.95. The van der Waals surface area contributed by atoms with Gasteiger partial charge in [0, 0.05) is 37.2 Å². The summed E-state index contributed by atoms with van der Waals surface area (Å²) in [7, 11) is 0. The number of nitrogens with one attached hydrogen (secondary N) is 1. The second-order valence-electron chi connectivity index (χ2n) is 5.94. The zero-order valence-corrected chi connectivity index (χ0v) is 13.9. The predicted octanol–water partition coefficient (Wildman–Crippen LogP) is 2.75. The first-order valence-corrected chi connectivity index (χ1v) is 8.44. The molecule has 1 aliphatic rings. The monoisotopic (exact) mass is 344 g/mol. The lowest BCUT2D eigenvalue weighted by molar-refractivity contribution is 0.0237. The van der Waals surface area contributed by atoms with E-state index in [1.807, 2.05) is 0 Å². The van der Waals surface area contributed by atoms with Crippen LogP contribution in [0, 0.1) is 5.82 Å². The molecule has 3 rings (SSSR count). The summed E-state index contributed by atoms with van der Waals surface area (Å²) >= 11 is 0. The van der Waals surface area contributed by atoms with Crippen molar-refractivity contribution in [3.05, 3.63) is 59.5 Å². The predicted molar refractivity (Wildman–Crippen MR) is 91.1 cm³/mol. The number of aromatic nitrogens is 1. The molecule has 0 aliphatic carbocycles. The first-order valence-electron chi connectivity index (χ1n) is 8.44. The van der Waals surface area contributed by atoms with Crippen LogP contribution in [-0.2, 0) is 11.2 Å². The molecule has 1 aliphatic heterocycles. The quantitative estimate of drug-likeness (QED) is 0.875. The van der Waals surface area contributed by atoms with Gasteiger partial charge in [-0.2, -0.15) is 0 Å². The maximum Gasteiger partial charge on any atom is 0.251 e. The van der Waals surface area contributed by atoms with Gasteiger partial charge in [0.15, 0.2) is 0 Å². The normalized spacial score (nSPS) is 14.9. The number of benzene rings is 1. The molecule has 5 nitrogen and oxygen atoms in total. The average molecular weight is 344 g/mol. The number of nitrogens with zero attached hydrogens (tertiary/aromatic N) is 1. The van der Waals surface area contributed by atoms with E-state index in [9.17, 15) is 9.18 Å². The maximum atomic E-state index is 12.9. The van der Waals surface area contributed by atoms with Crippen molar-refractivity contribution in [3.8, 4) is 5.88 Å². The van der Waals surface area contributed by atoms with Crippen LogP contribution in [0.5, 0.6) is 5.88 Å². The minimum atomic E-state index is -0.262. The van der Waals surface area contributed by atoms with Gasteiger partial charge in [0.05, 0.1) is 13.2 Å². The van der Waals surface area contributed by atoms with Crippen LogP contribution in [0.2, 0.25) is 0 Å². The van der Waals surface area contributed by atoms with Gasteiger partial charge in [0.2, 0.25) is 5.88 Å². The molecular formula is C19H21FN2O3. The highest BCUT2D eigenvalue weighted by Crippen LogP contribution is 2.16. The number of amides is 1. The number of halogens is 1. The number of carbonyl (C=O) groups is 1. The van der Waals surface area contributed by atoms with Gasteiger partial charge in [-0.15, -0.1) is 0 Å².